The second-order valence-corrected chi connectivity index (χ2v) is 8.73. The van der Waals surface area contributed by atoms with E-state index >= 15 is 0 Å². The summed E-state index contributed by atoms with van der Waals surface area (Å²) in [6.07, 6.45) is 4.73. The molecule has 0 heterocycles. The predicted molar refractivity (Wildman–Crippen MR) is 112 cm³/mol. The van der Waals surface area contributed by atoms with Crippen LogP contribution in [0.25, 0.3) is 0 Å². The fraction of sp³-hybridized carbons (Fsp3) is 0.619. The molecule has 6 nitrogen and oxygen atoms in total. The maximum atomic E-state index is 13.3. The number of nitrogens with one attached hydrogen (secondary N) is 1. The van der Waals surface area contributed by atoms with Gasteiger partial charge in [0.1, 0.15) is 0 Å². The smallest absolute Gasteiger partial charge is 0.411 e. The average Bonchev–Trinajstić information content (AvgIpc) is 2.69. The third-order valence-corrected chi connectivity index (χ3v) is 5.65. The Morgan fingerprint density at radius 2 is 1.96 bits per heavy atom. The highest BCUT2D eigenvalue weighted by molar-refractivity contribution is 6.31. The van der Waals surface area contributed by atoms with Crippen LogP contribution in [0.4, 0.5) is 10.5 Å². The van der Waals surface area contributed by atoms with E-state index in [0.717, 1.165) is 31.2 Å². The van der Waals surface area contributed by atoms with Gasteiger partial charge in [-0.3, -0.25) is 10.1 Å². The summed E-state index contributed by atoms with van der Waals surface area (Å²) >= 11 is 6.40. The van der Waals surface area contributed by atoms with Crippen molar-refractivity contribution in [2.45, 2.75) is 52.5 Å². The van der Waals surface area contributed by atoms with Gasteiger partial charge in [0.25, 0.3) is 0 Å². The van der Waals surface area contributed by atoms with Crippen LogP contribution in [0, 0.1) is 11.3 Å². The molecule has 0 aliphatic heterocycles. The average molecular weight is 410 g/mol. The SMILES string of the molecule is COC(=O)Nc1ccc(Cl)c(CN(CC(C)(C)CN)C(=O)C2CCCCC2)c1. The first-order chi connectivity index (χ1) is 13.3. The summed E-state index contributed by atoms with van der Waals surface area (Å²) in [5.41, 5.74) is 7.09. The number of hydrogen-bond donors (Lipinski definition) is 2. The van der Waals surface area contributed by atoms with Gasteiger partial charge in [-0.1, -0.05) is 44.7 Å². The first-order valence-corrected chi connectivity index (χ1v) is 10.3. The van der Waals surface area contributed by atoms with Crippen molar-refractivity contribution in [3.63, 3.8) is 0 Å². The van der Waals surface area contributed by atoms with Crippen molar-refractivity contribution in [3.8, 4) is 0 Å². The van der Waals surface area contributed by atoms with Crippen LogP contribution in [0.5, 0.6) is 0 Å². The molecule has 0 spiro atoms. The van der Waals surface area contributed by atoms with Crippen molar-refractivity contribution in [2.75, 3.05) is 25.5 Å². The highest BCUT2D eigenvalue weighted by Gasteiger charge is 2.30. The molecule has 0 bridgehead atoms. The number of ether oxygens (including phenoxy) is 1. The van der Waals surface area contributed by atoms with Gasteiger partial charge in [-0.25, -0.2) is 4.79 Å². The minimum atomic E-state index is -0.548. The molecule has 1 aliphatic rings. The molecule has 1 aromatic rings. The Morgan fingerprint density at radius 3 is 2.57 bits per heavy atom. The molecule has 3 N–H and O–H groups in total. The molecular weight excluding hydrogens is 378 g/mol. The van der Waals surface area contributed by atoms with Crippen LogP contribution in [0.2, 0.25) is 5.02 Å². The van der Waals surface area contributed by atoms with Gasteiger partial charge in [0.15, 0.2) is 0 Å². The van der Waals surface area contributed by atoms with E-state index in [2.05, 4.69) is 23.9 Å². The lowest BCUT2D eigenvalue weighted by molar-refractivity contribution is -0.138. The van der Waals surface area contributed by atoms with Crippen LogP contribution in [0.3, 0.4) is 0 Å². The summed E-state index contributed by atoms with van der Waals surface area (Å²) in [5, 5.41) is 3.20. The molecule has 0 atom stereocenters. The maximum absolute atomic E-state index is 13.3. The molecule has 0 radical (unpaired) electrons. The van der Waals surface area contributed by atoms with E-state index in [0.29, 0.717) is 30.3 Å². The largest absolute Gasteiger partial charge is 0.453 e. The number of anilines is 1. The molecule has 2 amide bonds. The summed E-state index contributed by atoms with van der Waals surface area (Å²) in [6, 6.07) is 5.22. The molecule has 0 saturated heterocycles. The van der Waals surface area contributed by atoms with E-state index in [4.69, 9.17) is 17.3 Å². The Labute approximate surface area is 172 Å². The van der Waals surface area contributed by atoms with Crippen molar-refractivity contribution >= 4 is 29.3 Å². The number of nitrogens with two attached hydrogens (primary N) is 1. The molecule has 1 saturated carbocycles. The zero-order chi connectivity index (χ0) is 20.7. The minimum absolute atomic E-state index is 0.0671. The number of amides is 2. The molecule has 0 aromatic heterocycles. The normalized spacial score (nSPS) is 15.2. The third kappa shape index (κ3) is 6.38. The van der Waals surface area contributed by atoms with E-state index in [1.165, 1.54) is 13.5 Å². The van der Waals surface area contributed by atoms with Gasteiger partial charge in [0.05, 0.1) is 7.11 Å². The van der Waals surface area contributed by atoms with Crippen LogP contribution in [0.15, 0.2) is 18.2 Å². The summed E-state index contributed by atoms with van der Waals surface area (Å²) in [6.45, 7) is 5.55. The van der Waals surface area contributed by atoms with Crippen LogP contribution >= 0.6 is 11.6 Å². The van der Waals surface area contributed by atoms with E-state index in [9.17, 15) is 9.59 Å². The first kappa shape index (κ1) is 22.5. The second-order valence-electron chi connectivity index (χ2n) is 8.32. The van der Waals surface area contributed by atoms with Gasteiger partial charge < -0.3 is 15.4 Å². The Bertz CT molecular complexity index is 687. The Balaban J connectivity index is 2.24. The highest BCUT2D eigenvalue weighted by Crippen LogP contribution is 2.29. The summed E-state index contributed by atoms with van der Waals surface area (Å²) in [4.78, 5) is 26.6. The monoisotopic (exact) mass is 409 g/mol. The number of nitrogens with zero attached hydrogens (tertiary/aromatic N) is 1. The van der Waals surface area contributed by atoms with Crippen molar-refractivity contribution in [2.24, 2.45) is 17.1 Å². The molecule has 28 heavy (non-hydrogen) atoms. The van der Waals surface area contributed by atoms with Crippen LogP contribution < -0.4 is 11.1 Å². The Hall–Kier alpha value is -1.79. The Kier molecular flexibility index (Phi) is 8.13. The zero-order valence-electron chi connectivity index (χ0n) is 17.1. The van der Waals surface area contributed by atoms with Crippen molar-refractivity contribution in [1.82, 2.24) is 4.90 Å². The summed E-state index contributed by atoms with van der Waals surface area (Å²) in [7, 11) is 1.31. The second kappa shape index (κ2) is 10.1. The number of carbonyl (C=O) groups is 2. The summed E-state index contributed by atoms with van der Waals surface area (Å²) < 4.78 is 4.64. The van der Waals surface area contributed by atoms with Gasteiger partial charge >= 0.3 is 6.09 Å². The number of benzene rings is 1. The molecular formula is C21H32ClN3O3. The minimum Gasteiger partial charge on any atom is -0.453 e. The quantitative estimate of drug-likeness (QED) is 0.698. The van der Waals surface area contributed by atoms with Gasteiger partial charge in [0, 0.05) is 29.7 Å². The molecule has 1 aliphatic carbocycles. The molecule has 156 valence electrons. The van der Waals surface area contributed by atoms with Crippen molar-refractivity contribution in [1.29, 1.82) is 0 Å². The van der Waals surface area contributed by atoms with E-state index in [-0.39, 0.29) is 17.2 Å². The predicted octanol–water partition coefficient (Wildman–Crippen LogP) is 4.41. The van der Waals surface area contributed by atoms with Gasteiger partial charge in [-0.2, -0.15) is 0 Å². The van der Waals surface area contributed by atoms with Gasteiger partial charge in [-0.15, -0.1) is 0 Å². The van der Waals surface area contributed by atoms with Crippen LogP contribution in [-0.2, 0) is 16.1 Å². The Morgan fingerprint density at radius 1 is 1.29 bits per heavy atom. The molecule has 1 fully saturated rings. The first-order valence-electron chi connectivity index (χ1n) is 9.88. The number of hydrogen-bond acceptors (Lipinski definition) is 4. The number of halogens is 1. The highest BCUT2D eigenvalue weighted by atomic mass is 35.5. The van der Waals surface area contributed by atoms with Crippen molar-refractivity contribution in [3.05, 3.63) is 28.8 Å². The third-order valence-electron chi connectivity index (χ3n) is 5.28. The molecule has 1 aromatic carbocycles. The fourth-order valence-electron chi connectivity index (χ4n) is 3.55. The van der Waals surface area contributed by atoms with Gasteiger partial charge in [-0.05, 0) is 48.6 Å². The lowest BCUT2D eigenvalue weighted by Gasteiger charge is -2.35. The van der Waals surface area contributed by atoms with E-state index in [1.54, 1.807) is 18.2 Å². The fourth-order valence-corrected chi connectivity index (χ4v) is 3.73. The molecule has 7 heteroatoms. The van der Waals surface area contributed by atoms with Crippen molar-refractivity contribution < 1.29 is 14.3 Å². The van der Waals surface area contributed by atoms with E-state index in [1.807, 2.05) is 4.90 Å². The standard InChI is InChI=1S/C21H32ClN3O3/c1-21(2,13-23)14-25(19(26)15-7-5-4-6-8-15)12-16-11-17(9-10-18(16)22)24-20(27)28-3/h9-11,15H,4-8,12-14,23H2,1-3H3,(H,24,27). The van der Waals surface area contributed by atoms with Gasteiger partial charge in [0.2, 0.25) is 5.91 Å². The van der Waals surface area contributed by atoms with Crippen LogP contribution in [-0.4, -0.2) is 37.1 Å². The lowest BCUT2D eigenvalue weighted by atomic mass is 9.86. The maximum Gasteiger partial charge on any atom is 0.411 e. The van der Waals surface area contributed by atoms with E-state index < -0.39 is 6.09 Å². The lowest BCUT2D eigenvalue weighted by Crippen LogP contribution is -2.44. The van der Waals surface area contributed by atoms with Crippen LogP contribution in [0.1, 0.15) is 51.5 Å². The summed E-state index contributed by atoms with van der Waals surface area (Å²) in [5.74, 6) is 0.237. The topological polar surface area (TPSA) is 84.7 Å². The molecule has 0 unspecified atom stereocenters. The number of rotatable bonds is 7. The molecule has 2 rings (SSSR count). The number of methoxy groups -OCH3 is 1. The number of carbonyl (C=O) groups excluding carboxylic acids is 2. The zero-order valence-corrected chi connectivity index (χ0v) is 17.8.